The molecule has 1 amide bonds. The number of carbonyl (C=O) groups excluding carboxylic acids is 1. The summed E-state index contributed by atoms with van der Waals surface area (Å²) in [6.45, 7) is 1.68. The lowest BCUT2D eigenvalue weighted by atomic mass is 9.75. The van der Waals surface area contributed by atoms with Crippen LogP contribution in [-0.2, 0) is 16.6 Å². The van der Waals surface area contributed by atoms with Gasteiger partial charge in [-0.1, -0.05) is 35.5 Å². The van der Waals surface area contributed by atoms with Crippen molar-refractivity contribution in [3.8, 4) is 5.75 Å². The molecule has 0 aliphatic carbocycles. The number of amides is 1. The van der Waals surface area contributed by atoms with Gasteiger partial charge in [-0.25, -0.2) is 0 Å². The zero-order valence-electron chi connectivity index (χ0n) is 20.5. The molecule has 4 rings (SSSR count). The van der Waals surface area contributed by atoms with Gasteiger partial charge in [-0.2, -0.15) is 28.5 Å². The minimum Gasteiger partial charge on any atom is -0.502 e. The Morgan fingerprint density at radius 2 is 2.03 bits per heavy atom. The Hall–Kier alpha value is -2.72. The van der Waals surface area contributed by atoms with E-state index in [9.17, 15) is 14.7 Å². The van der Waals surface area contributed by atoms with E-state index in [1.807, 2.05) is 36.6 Å². The number of aromatic hydroxyl groups is 1. The van der Waals surface area contributed by atoms with E-state index in [1.54, 1.807) is 30.4 Å². The molecule has 1 saturated heterocycles. The van der Waals surface area contributed by atoms with E-state index in [0.29, 0.717) is 43.2 Å². The van der Waals surface area contributed by atoms with Gasteiger partial charge in [0.1, 0.15) is 11.8 Å². The summed E-state index contributed by atoms with van der Waals surface area (Å²) in [4.78, 5) is 30.3. The summed E-state index contributed by atoms with van der Waals surface area (Å²) in [5.74, 6) is 3.39. The third-order valence-electron chi connectivity index (χ3n) is 6.41. The molecule has 0 radical (unpaired) electrons. The Morgan fingerprint density at radius 1 is 1.28 bits per heavy atom. The molecule has 1 unspecified atom stereocenters. The fourth-order valence-corrected chi connectivity index (χ4v) is 6.26. The lowest BCUT2D eigenvalue weighted by Crippen LogP contribution is -2.39. The number of hydrogen-bond donors (Lipinski definition) is 2. The number of carbonyl (C=O) groups is 1. The SMILES string of the molecule is CSCCC(NC(=O)CC1(c2oc(C)cc(=O)c2O)CCSCC1)c1nc(Cc2ccccc2)no1. The lowest BCUT2D eigenvalue weighted by molar-refractivity contribution is -0.123. The van der Waals surface area contributed by atoms with Crippen LogP contribution < -0.4 is 10.7 Å². The highest BCUT2D eigenvalue weighted by Crippen LogP contribution is 2.44. The minimum absolute atomic E-state index is 0.0916. The topological polar surface area (TPSA) is 118 Å². The van der Waals surface area contributed by atoms with Crippen LogP contribution in [0.15, 0.2) is 50.1 Å². The first-order chi connectivity index (χ1) is 17.4. The first-order valence-corrected chi connectivity index (χ1v) is 14.5. The van der Waals surface area contributed by atoms with Gasteiger partial charge in [-0.05, 0) is 55.3 Å². The average molecular weight is 530 g/mol. The van der Waals surface area contributed by atoms with Gasteiger partial charge in [-0.3, -0.25) is 9.59 Å². The maximum Gasteiger partial charge on any atom is 0.249 e. The molecule has 2 N–H and O–H groups in total. The monoisotopic (exact) mass is 529 g/mol. The van der Waals surface area contributed by atoms with Crippen LogP contribution in [0.5, 0.6) is 5.75 Å². The average Bonchev–Trinajstić information content (AvgIpc) is 3.33. The van der Waals surface area contributed by atoms with Crippen molar-refractivity contribution in [2.75, 3.05) is 23.5 Å². The molecule has 1 fully saturated rings. The largest absolute Gasteiger partial charge is 0.502 e. The van der Waals surface area contributed by atoms with Gasteiger partial charge < -0.3 is 19.4 Å². The Kier molecular flexibility index (Phi) is 8.79. The van der Waals surface area contributed by atoms with Crippen LogP contribution >= 0.6 is 23.5 Å². The standard InChI is InChI=1S/C26H31N3O5S2/c1-17-14-20(30)23(32)24(33-17)26(9-12-36-13-10-26)16-22(31)27-19(8-11-35-2)25-28-21(29-34-25)15-18-6-4-3-5-7-18/h3-7,14,19,32H,8-13,15-16H2,1-2H3,(H,27,31). The highest BCUT2D eigenvalue weighted by molar-refractivity contribution is 7.99. The molecule has 3 aromatic rings. The van der Waals surface area contributed by atoms with Gasteiger partial charge in [0.05, 0.1) is 0 Å². The Labute approximate surface area is 218 Å². The van der Waals surface area contributed by atoms with Crippen molar-refractivity contribution in [1.82, 2.24) is 15.5 Å². The summed E-state index contributed by atoms with van der Waals surface area (Å²) >= 11 is 3.46. The van der Waals surface area contributed by atoms with Gasteiger partial charge >= 0.3 is 0 Å². The molecule has 36 heavy (non-hydrogen) atoms. The van der Waals surface area contributed by atoms with Gasteiger partial charge in [0.2, 0.25) is 23.0 Å². The van der Waals surface area contributed by atoms with Crippen molar-refractivity contribution in [2.24, 2.45) is 0 Å². The van der Waals surface area contributed by atoms with Crippen LogP contribution in [0.1, 0.15) is 60.5 Å². The molecule has 8 nitrogen and oxygen atoms in total. The Balaban J connectivity index is 1.54. The van der Waals surface area contributed by atoms with Gasteiger partial charge in [0.25, 0.3) is 0 Å². The Morgan fingerprint density at radius 3 is 2.75 bits per heavy atom. The summed E-state index contributed by atoms with van der Waals surface area (Å²) in [7, 11) is 0. The second-order valence-electron chi connectivity index (χ2n) is 9.08. The van der Waals surface area contributed by atoms with Gasteiger partial charge in [0, 0.05) is 24.3 Å². The fraction of sp³-hybridized carbons (Fsp3) is 0.462. The maximum atomic E-state index is 13.4. The number of aryl methyl sites for hydroxylation is 1. The summed E-state index contributed by atoms with van der Waals surface area (Å²) < 4.78 is 11.4. The predicted molar refractivity (Wildman–Crippen MR) is 142 cm³/mol. The molecule has 1 aromatic carbocycles. The summed E-state index contributed by atoms with van der Waals surface area (Å²) in [6.07, 6.45) is 4.52. The van der Waals surface area contributed by atoms with Crippen LogP contribution in [0.2, 0.25) is 0 Å². The van der Waals surface area contributed by atoms with E-state index in [1.165, 1.54) is 6.07 Å². The van der Waals surface area contributed by atoms with Crippen LogP contribution in [0.3, 0.4) is 0 Å². The quantitative estimate of drug-likeness (QED) is 0.394. The normalized spacial score (nSPS) is 15.9. The second kappa shape index (κ2) is 12.0. The van der Waals surface area contributed by atoms with Crippen LogP contribution in [0.25, 0.3) is 0 Å². The van der Waals surface area contributed by atoms with Crippen LogP contribution in [-0.4, -0.2) is 44.7 Å². The predicted octanol–water partition coefficient (Wildman–Crippen LogP) is 4.39. The van der Waals surface area contributed by atoms with Crippen molar-refractivity contribution in [2.45, 2.75) is 50.5 Å². The summed E-state index contributed by atoms with van der Waals surface area (Å²) in [5.41, 5.74) is -0.158. The molecular formula is C26H31N3O5S2. The Bertz CT molecular complexity index is 1220. The lowest BCUT2D eigenvalue weighted by Gasteiger charge is -2.36. The van der Waals surface area contributed by atoms with Crippen molar-refractivity contribution in [3.05, 3.63) is 75.4 Å². The number of aromatic nitrogens is 2. The number of thioether (sulfide) groups is 2. The van der Waals surface area contributed by atoms with E-state index in [-0.39, 0.29) is 18.1 Å². The third kappa shape index (κ3) is 6.34. The number of benzene rings is 1. The zero-order chi connectivity index (χ0) is 25.5. The van der Waals surface area contributed by atoms with Crippen molar-refractivity contribution >= 4 is 29.4 Å². The van der Waals surface area contributed by atoms with Crippen molar-refractivity contribution in [1.29, 1.82) is 0 Å². The molecular weight excluding hydrogens is 498 g/mol. The minimum atomic E-state index is -0.748. The number of nitrogens with zero attached hydrogens (tertiary/aromatic N) is 2. The molecule has 10 heteroatoms. The molecule has 192 valence electrons. The van der Waals surface area contributed by atoms with Gasteiger partial charge in [-0.15, -0.1) is 0 Å². The van der Waals surface area contributed by atoms with E-state index in [0.717, 1.165) is 22.8 Å². The highest BCUT2D eigenvalue weighted by Gasteiger charge is 2.42. The molecule has 3 heterocycles. The summed E-state index contributed by atoms with van der Waals surface area (Å²) in [5, 5.41) is 17.8. The van der Waals surface area contributed by atoms with E-state index < -0.39 is 22.6 Å². The van der Waals surface area contributed by atoms with E-state index in [4.69, 9.17) is 8.94 Å². The number of rotatable bonds is 10. The number of hydrogen-bond acceptors (Lipinski definition) is 9. The number of nitrogens with one attached hydrogen (secondary N) is 1. The van der Waals surface area contributed by atoms with Crippen molar-refractivity contribution in [3.63, 3.8) is 0 Å². The fourth-order valence-electron chi connectivity index (χ4n) is 4.51. The molecule has 0 bridgehead atoms. The van der Waals surface area contributed by atoms with Crippen molar-refractivity contribution < 1.29 is 18.8 Å². The third-order valence-corrected chi connectivity index (χ3v) is 8.04. The summed E-state index contributed by atoms with van der Waals surface area (Å²) in [6, 6.07) is 10.7. The van der Waals surface area contributed by atoms with E-state index >= 15 is 0 Å². The highest BCUT2D eigenvalue weighted by atomic mass is 32.2. The maximum absolute atomic E-state index is 13.4. The molecule has 1 aliphatic heterocycles. The second-order valence-corrected chi connectivity index (χ2v) is 11.3. The molecule has 1 atom stereocenters. The molecule has 1 aliphatic rings. The van der Waals surface area contributed by atoms with E-state index in [2.05, 4.69) is 15.5 Å². The first kappa shape index (κ1) is 26.3. The van der Waals surface area contributed by atoms with Crippen LogP contribution in [0.4, 0.5) is 0 Å². The smallest absolute Gasteiger partial charge is 0.249 e. The zero-order valence-corrected chi connectivity index (χ0v) is 22.1. The molecule has 2 aromatic heterocycles. The molecule has 0 spiro atoms. The van der Waals surface area contributed by atoms with Crippen LogP contribution in [0, 0.1) is 6.92 Å². The molecule has 0 saturated carbocycles. The van der Waals surface area contributed by atoms with Gasteiger partial charge in [0.15, 0.2) is 11.6 Å². The first-order valence-electron chi connectivity index (χ1n) is 12.0.